The average molecular weight is 245 g/mol. The summed E-state index contributed by atoms with van der Waals surface area (Å²) in [5.74, 6) is 1.33. The molecule has 5 nitrogen and oxygen atoms in total. The molecule has 3 rings (SSSR count). The largest absolute Gasteiger partial charge is 0.384 e. The number of nitrogens with two attached hydrogens (primary N) is 1. The van der Waals surface area contributed by atoms with Gasteiger partial charge >= 0.3 is 0 Å². The van der Waals surface area contributed by atoms with Crippen LogP contribution in [0.25, 0.3) is 11.5 Å². The monoisotopic (exact) mass is 245 g/mol. The predicted molar refractivity (Wildman–Crippen MR) is 71.9 cm³/mol. The molecule has 1 aliphatic rings. The highest BCUT2D eigenvalue weighted by Crippen LogP contribution is 2.33. The quantitative estimate of drug-likeness (QED) is 0.883. The first-order valence-corrected chi connectivity index (χ1v) is 6.47. The van der Waals surface area contributed by atoms with Gasteiger partial charge < -0.3 is 10.3 Å². The first kappa shape index (κ1) is 12.5. The standard InChI is InChI=1S/C11H13N5.C2H6/c12-10-6-2-5-9(14-10)11-15-13-7-16(11)8-3-1-4-8;1-2/h2,5-8H,1,3-4H2,(H2,12,14);1-2H3. The molecule has 1 aliphatic carbocycles. The molecule has 18 heavy (non-hydrogen) atoms. The topological polar surface area (TPSA) is 69.6 Å². The lowest BCUT2D eigenvalue weighted by Gasteiger charge is -2.27. The number of rotatable bonds is 2. The Labute approximate surface area is 107 Å². The molecule has 0 aliphatic heterocycles. The van der Waals surface area contributed by atoms with Crippen LogP contribution < -0.4 is 5.73 Å². The maximum Gasteiger partial charge on any atom is 0.182 e. The van der Waals surface area contributed by atoms with E-state index in [0.29, 0.717) is 11.9 Å². The van der Waals surface area contributed by atoms with Crippen molar-refractivity contribution in [3.8, 4) is 11.5 Å². The van der Waals surface area contributed by atoms with Gasteiger partial charge in [-0.3, -0.25) is 0 Å². The molecule has 0 saturated heterocycles. The lowest BCUT2D eigenvalue weighted by Crippen LogP contribution is -2.17. The zero-order valence-corrected chi connectivity index (χ0v) is 10.9. The van der Waals surface area contributed by atoms with E-state index in [1.54, 1.807) is 12.4 Å². The van der Waals surface area contributed by atoms with E-state index in [9.17, 15) is 0 Å². The minimum Gasteiger partial charge on any atom is -0.384 e. The molecule has 96 valence electrons. The second-order valence-electron chi connectivity index (χ2n) is 4.09. The molecule has 0 bridgehead atoms. The van der Waals surface area contributed by atoms with Gasteiger partial charge in [0.15, 0.2) is 5.82 Å². The van der Waals surface area contributed by atoms with Crippen molar-refractivity contribution in [1.29, 1.82) is 0 Å². The van der Waals surface area contributed by atoms with Crippen LogP contribution in [0, 0.1) is 0 Å². The highest BCUT2D eigenvalue weighted by atomic mass is 15.3. The summed E-state index contributed by atoms with van der Waals surface area (Å²) in [4.78, 5) is 4.27. The number of pyridine rings is 1. The van der Waals surface area contributed by atoms with Crippen LogP contribution in [0.2, 0.25) is 0 Å². The molecule has 2 heterocycles. The fourth-order valence-electron chi connectivity index (χ4n) is 1.93. The van der Waals surface area contributed by atoms with Crippen molar-refractivity contribution in [2.45, 2.75) is 39.2 Å². The number of nitrogens with zero attached hydrogens (tertiary/aromatic N) is 4. The van der Waals surface area contributed by atoms with Gasteiger partial charge in [0.2, 0.25) is 0 Å². The number of anilines is 1. The molecule has 5 heteroatoms. The highest BCUT2D eigenvalue weighted by molar-refractivity contribution is 5.52. The summed E-state index contributed by atoms with van der Waals surface area (Å²) in [6.45, 7) is 4.00. The third-order valence-corrected chi connectivity index (χ3v) is 3.04. The molecule has 1 fully saturated rings. The summed E-state index contributed by atoms with van der Waals surface area (Å²) in [7, 11) is 0. The maximum atomic E-state index is 5.67. The molecule has 0 aromatic carbocycles. The van der Waals surface area contributed by atoms with E-state index >= 15 is 0 Å². The Morgan fingerprint density at radius 3 is 2.67 bits per heavy atom. The van der Waals surface area contributed by atoms with Gasteiger partial charge in [-0.2, -0.15) is 0 Å². The molecule has 2 aromatic rings. The van der Waals surface area contributed by atoms with Crippen molar-refractivity contribution >= 4 is 5.82 Å². The summed E-state index contributed by atoms with van der Waals surface area (Å²) < 4.78 is 2.10. The van der Waals surface area contributed by atoms with Gasteiger partial charge in [-0.25, -0.2) is 4.98 Å². The Bertz CT molecular complexity index is 502. The fraction of sp³-hybridized carbons (Fsp3) is 0.462. The van der Waals surface area contributed by atoms with E-state index < -0.39 is 0 Å². The maximum absolute atomic E-state index is 5.67. The molecule has 0 atom stereocenters. The van der Waals surface area contributed by atoms with Gasteiger partial charge in [-0.15, -0.1) is 10.2 Å². The Balaban J connectivity index is 0.000000574. The minimum absolute atomic E-state index is 0.514. The Hall–Kier alpha value is -1.91. The Kier molecular flexibility index (Phi) is 3.92. The van der Waals surface area contributed by atoms with Crippen molar-refractivity contribution in [2.24, 2.45) is 0 Å². The molecular weight excluding hydrogens is 226 g/mol. The Morgan fingerprint density at radius 1 is 1.28 bits per heavy atom. The second kappa shape index (κ2) is 5.62. The first-order chi connectivity index (χ1) is 8.84. The SMILES string of the molecule is CC.Nc1cccc(-c2nncn2C2CCC2)n1. The van der Waals surface area contributed by atoms with Crippen LogP contribution in [0.5, 0.6) is 0 Å². The molecule has 2 N–H and O–H groups in total. The van der Waals surface area contributed by atoms with Crippen LogP contribution in [0.4, 0.5) is 5.82 Å². The summed E-state index contributed by atoms with van der Waals surface area (Å²) in [5.41, 5.74) is 6.46. The average Bonchev–Trinajstić information content (AvgIpc) is 2.78. The third kappa shape index (κ3) is 2.34. The molecule has 0 spiro atoms. The van der Waals surface area contributed by atoms with Crippen molar-refractivity contribution in [3.63, 3.8) is 0 Å². The summed E-state index contributed by atoms with van der Waals surface area (Å²) >= 11 is 0. The highest BCUT2D eigenvalue weighted by Gasteiger charge is 2.23. The first-order valence-electron chi connectivity index (χ1n) is 6.47. The third-order valence-electron chi connectivity index (χ3n) is 3.04. The second-order valence-corrected chi connectivity index (χ2v) is 4.09. The molecule has 2 aromatic heterocycles. The zero-order valence-electron chi connectivity index (χ0n) is 10.9. The van der Waals surface area contributed by atoms with E-state index in [4.69, 9.17) is 5.73 Å². The molecule has 0 unspecified atom stereocenters. The van der Waals surface area contributed by atoms with Crippen LogP contribution >= 0.6 is 0 Å². The van der Waals surface area contributed by atoms with Gasteiger partial charge in [0, 0.05) is 6.04 Å². The number of hydrogen-bond donors (Lipinski definition) is 1. The lowest BCUT2D eigenvalue weighted by atomic mass is 9.93. The van der Waals surface area contributed by atoms with Crippen molar-refractivity contribution in [3.05, 3.63) is 24.5 Å². The van der Waals surface area contributed by atoms with Crippen molar-refractivity contribution in [2.75, 3.05) is 5.73 Å². The van der Waals surface area contributed by atoms with Gasteiger partial charge in [0.25, 0.3) is 0 Å². The van der Waals surface area contributed by atoms with Crippen LogP contribution in [0.1, 0.15) is 39.2 Å². The van der Waals surface area contributed by atoms with Crippen molar-refractivity contribution < 1.29 is 0 Å². The van der Waals surface area contributed by atoms with Crippen LogP contribution in [0.15, 0.2) is 24.5 Å². The predicted octanol–water partition coefficient (Wildman–Crippen LogP) is 2.67. The van der Waals surface area contributed by atoms with Gasteiger partial charge in [0.05, 0.1) is 0 Å². The smallest absolute Gasteiger partial charge is 0.182 e. The molecule has 0 radical (unpaired) electrons. The van der Waals surface area contributed by atoms with Crippen molar-refractivity contribution in [1.82, 2.24) is 19.7 Å². The minimum atomic E-state index is 0.514. The van der Waals surface area contributed by atoms with E-state index in [-0.39, 0.29) is 0 Å². The zero-order chi connectivity index (χ0) is 13.0. The number of hydrogen-bond acceptors (Lipinski definition) is 4. The molecule has 1 saturated carbocycles. The number of nitrogen functional groups attached to an aromatic ring is 1. The lowest BCUT2D eigenvalue weighted by molar-refractivity contribution is 0.315. The van der Waals surface area contributed by atoms with Crippen LogP contribution in [0.3, 0.4) is 0 Å². The molecular formula is C13H19N5. The van der Waals surface area contributed by atoms with Gasteiger partial charge in [0.1, 0.15) is 17.8 Å². The van der Waals surface area contributed by atoms with Crippen LogP contribution in [-0.4, -0.2) is 19.7 Å². The van der Waals surface area contributed by atoms with Gasteiger partial charge in [-0.1, -0.05) is 19.9 Å². The normalized spacial score (nSPS) is 14.6. The number of aromatic nitrogens is 4. The summed E-state index contributed by atoms with van der Waals surface area (Å²) in [5, 5.41) is 8.09. The van der Waals surface area contributed by atoms with Gasteiger partial charge in [-0.05, 0) is 31.4 Å². The Morgan fingerprint density at radius 2 is 2.06 bits per heavy atom. The summed E-state index contributed by atoms with van der Waals surface area (Å²) in [6, 6.07) is 6.11. The van der Waals surface area contributed by atoms with E-state index in [1.165, 1.54) is 19.3 Å². The van der Waals surface area contributed by atoms with E-state index in [2.05, 4.69) is 19.7 Å². The fourth-order valence-corrected chi connectivity index (χ4v) is 1.93. The van der Waals surface area contributed by atoms with Crippen LogP contribution in [-0.2, 0) is 0 Å². The van der Waals surface area contributed by atoms with E-state index in [0.717, 1.165) is 11.5 Å². The summed E-state index contributed by atoms with van der Waals surface area (Å²) in [6.07, 6.45) is 5.47. The molecule has 0 amide bonds. The van der Waals surface area contributed by atoms with E-state index in [1.807, 2.05) is 26.0 Å².